The van der Waals surface area contributed by atoms with Gasteiger partial charge in [0.1, 0.15) is 12.4 Å². The predicted octanol–water partition coefficient (Wildman–Crippen LogP) is 3.62. The molecule has 4 nitrogen and oxygen atoms in total. The van der Waals surface area contributed by atoms with Crippen molar-refractivity contribution in [3.63, 3.8) is 0 Å². The van der Waals surface area contributed by atoms with Gasteiger partial charge in [-0.15, -0.1) is 0 Å². The van der Waals surface area contributed by atoms with Gasteiger partial charge < -0.3 is 14.6 Å². The molecule has 1 aromatic heterocycles. The molecule has 108 valence electrons. The Morgan fingerprint density at radius 3 is 2.75 bits per heavy atom. The van der Waals surface area contributed by atoms with Gasteiger partial charge >= 0.3 is 0 Å². The highest BCUT2D eigenvalue weighted by atomic mass is 16.5. The second-order valence-electron chi connectivity index (χ2n) is 4.78. The number of rotatable bonds is 7. The van der Waals surface area contributed by atoms with Crippen molar-refractivity contribution in [2.75, 3.05) is 6.54 Å². The van der Waals surface area contributed by atoms with Crippen LogP contribution in [0.2, 0.25) is 0 Å². The van der Waals surface area contributed by atoms with Crippen LogP contribution >= 0.6 is 0 Å². The van der Waals surface area contributed by atoms with Crippen molar-refractivity contribution in [2.24, 2.45) is 0 Å². The van der Waals surface area contributed by atoms with E-state index >= 15 is 0 Å². The van der Waals surface area contributed by atoms with Crippen molar-refractivity contribution >= 4 is 0 Å². The van der Waals surface area contributed by atoms with Crippen LogP contribution in [0.1, 0.15) is 43.3 Å². The van der Waals surface area contributed by atoms with E-state index in [4.69, 9.17) is 9.26 Å². The molecule has 0 spiro atoms. The average Bonchev–Trinajstić information content (AvgIpc) is 2.89. The van der Waals surface area contributed by atoms with Gasteiger partial charge in [-0.05, 0) is 26.0 Å². The molecule has 2 aromatic rings. The van der Waals surface area contributed by atoms with Crippen molar-refractivity contribution in [1.82, 2.24) is 10.5 Å². The Balaban J connectivity index is 2.10. The van der Waals surface area contributed by atoms with E-state index in [0.29, 0.717) is 12.6 Å². The van der Waals surface area contributed by atoms with Gasteiger partial charge in [-0.3, -0.25) is 0 Å². The first-order valence-electron chi connectivity index (χ1n) is 7.11. The summed E-state index contributed by atoms with van der Waals surface area (Å²) in [5.74, 6) is 1.64. The van der Waals surface area contributed by atoms with Crippen LogP contribution in [0.3, 0.4) is 0 Å². The van der Waals surface area contributed by atoms with Crippen LogP contribution in [0.25, 0.3) is 0 Å². The lowest BCUT2D eigenvalue weighted by Gasteiger charge is -2.19. The predicted molar refractivity (Wildman–Crippen MR) is 78.7 cm³/mol. The van der Waals surface area contributed by atoms with Crippen LogP contribution < -0.4 is 10.1 Å². The Morgan fingerprint density at radius 1 is 1.30 bits per heavy atom. The summed E-state index contributed by atoms with van der Waals surface area (Å²) < 4.78 is 11.1. The molecule has 4 heteroatoms. The third-order valence-corrected chi connectivity index (χ3v) is 3.20. The first-order chi connectivity index (χ1) is 9.74. The highest BCUT2D eigenvalue weighted by Crippen LogP contribution is 2.27. The summed E-state index contributed by atoms with van der Waals surface area (Å²) >= 11 is 0. The van der Waals surface area contributed by atoms with Gasteiger partial charge in [-0.1, -0.05) is 37.2 Å². The number of aromatic nitrogens is 1. The monoisotopic (exact) mass is 274 g/mol. The molecule has 1 unspecified atom stereocenters. The topological polar surface area (TPSA) is 47.3 Å². The first-order valence-corrected chi connectivity index (χ1v) is 7.11. The summed E-state index contributed by atoms with van der Waals surface area (Å²) in [5.41, 5.74) is 2.06. The molecule has 0 aliphatic rings. The number of hydrogen-bond donors (Lipinski definition) is 1. The smallest absolute Gasteiger partial charge is 0.174 e. The van der Waals surface area contributed by atoms with Gasteiger partial charge in [0.15, 0.2) is 5.76 Å². The fourth-order valence-corrected chi connectivity index (χ4v) is 2.25. The fraction of sp³-hybridized carbons (Fsp3) is 0.438. The minimum absolute atomic E-state index is 0.313. The number of nitrogens with zero attached hydrogens (tertiary/aromatic N) is 1. The molecule has 0 aliphatic heterocycles. The first kappa shape index (κ1) is 14.6. The number of ether oxygens (including phenoxy) is 1. The lowest BCUT2D eigenvalue weighted by atomic mass is 10.0. The van der Waals surface area contributed by atoms with E-state index in [1.807, 2.05) is 31.2 Å². The van der Waals surface area contributed by atoms with Crippen molar-refractivity contribution in [1.29, 1.82) is 0 Å². The van der Waals surface area contributed by atoms with Crippen molar-refractivity contribution in [3.05, 3.63) is 47.3 Å². The standard InChI is InChI=1S/C16H22N2O2/c1-4-15(17-5-2)14-8-6-7-9-16(14)19-11-13-10-12(3)18-20-13/h6-10,15,17H,4-5,11H2,1-3H3. The van der Waals surface area contributed by atoms with Gasteiger partial charge in [-0.2, -0.15) is 0 Å². The van der Waals surface area contributed by atoms with Crippen LogP contribution in [0, 0.1) is 6.92 Å². The third kappa shape index (κ3) is 3.61. The Labute approximate surface area is 120 Å². The Hall–Kier alpha value is -1.81. The lowest BCUT2D eigenvalue weighted by Crippen LogP contribution is -2.20. The zero-order chi connectivity index (χ0) is 14.4. The van der Waals surface area contributed by atoms with Gasteiger partial charge in [0, 0.05) is 17.7 Å². The molecule has 1 heterocycles. The maximum Gasteiger partial charge on any atom is 0.174 e. The molecule has 1 N–H and O–H groups in total. The zero-order valence-electron chi connectivity index (χ0n) is 12.3. The molecular formula is C16H22N2O2. The minimum atomic E-state index is 0.313. The average molecular weight is 274 g/mol. The number of para-hydroxylation sites is 1. The van der Waals surface area contributed by atoms with Gasteiger partial charge in [0.2, 0.25) is 0 Å². The van der Waals surface area contributed by atoms with Gasteiger partial charge in [0.25, 0.3) is 0 Å². The van der Waals surface area contributed by atoms with E-state index in [9.17, 15) is 0 Å². The molecule has 0 bridgehead atoms. The molecule has 0 radical (unpaired) electrons. The molecule has 0 aliphatic carbocycles. The van der Waals surface area contributed by atoms with E-state index < -0.39 is 0 Å². The second kappa shape index (κ2) is 7.10. The summed E-state index contributed by atoms with van der Waals surface area (Å²) in [7, 11) is 0. The summed E-state index contributed by atoms with van der Waals surface area (Å²) in [6, 6.07) is 10.3. The zero-order valence-corrected chi connectivity index (χ0v) is 12.3. The maximum atomic E-state index is 5.89. The van der Waals surface area contributed by atoms with Crippen LogP contribution in [0.15, 0.2) is 34.9 Å². The quantitative estimate of drug-likeness (QED) is 0.837. The number of benzene rings is 1. The highest BCUT2D eigenvalue weighted by Gasteiger charge is 2.13. The third-order valence-electron chi connectivity index (χ3n) is 3.20. The van der Waals surface area contributed by atoms with Crippen LogP contribution in [-0.2, 0) is 6.61 Å². The van der Waals surface area contributed by atoms with E-state index in [0.717, 1.165) is 30.2 Å². The van der Waals surface area contributed by atoms with Crippen LogP contribution in [-0.4, -0.2) is 11.7 Å². The number of nitrogens with one attached hydrogen (secondary N) is 1. The maximum absolute atomic E-state index is 5.89. The molecule has 0 amide bonds. The second-order valence-corrected chi connectivity index (χ2v) is 4.78. The Kier molecular flexibility index (Phi) is 5.18. The molecule has 20 heavy (non-hydrogen) atoms. The van der Waals surface area contributed by atoms with Crippen LogP contribution in [0.5, 0.6) is 5.75 Å². The fourth-order valence-electron chi connectivity index (χ4n) is 2.25. The molecular weight excluding hydrogens is 252 g/mol. The summed E-state index contributed by atoms with van der Waals surface area (Å²) in [4.78, 5) is 0. The summed E-state index contributed by atoms with van der Waals surface area (Å²) in [5, 5.41) is 7.34. The van der Waals surface area contributed by atoms with E-state index in [-0.39, 0.29) is 0 Å². The van der Waals surface area contributed by atoms with E-state index in [1.54, 1.807) is 0 Å². The van der Waals surface area contributed by atoms with Crippen molar-refractivity contribution < 1.29 is 9.26 Å². The minimum Gasteiger partial charge on any atom is -0.485 e. The summed E-state index contributed by atoms with van der Waals surface area (Å²) in [6.07, 6.45) is 1.02. The van der Waals surface area contributed by atoms with Crippen molar-refractivity contribution in [2.45, 2.75) is 39.8 Å². The van der Waals surface area contributed by atoms with E-state index in [2.05, 4.69) is 30.4 Å². The molecule has 2 rings (SSSR count). The molecule has 1 aromatic carbocycles. The summed E-state index contributed by atoms with van der Waals surface area (Å²) in [6.45, 7) is 7.53. The highest BCUT2D eigenvalue weighted by molar-refractivity contribution is 5.36. The SMILES string of the molecule is CCNC(CC)c1ccccc1OCc1cc(C)no1. The number of hydrogen-bond acceptors (Lipinski definition) is 4. The Bertz CT molecular complexity index is 537. The molecule has 1 atom stereocenters. The van der Waals surface area contributed by atoms with Crippen LogP contribution in [0.4, 0.5) is 0 Å². The van der Waals surface area contributed by atoms with Crippen molar-refractivity contribution in [3.8, 4) is 5.75 Å². The van der Waals surface area contributed by atoms with Gasteiger partial charge in [0.05, 0.1) is 5.69 Å². The lowest BCUT2D eigenvalue weighted by molar-refractivity contribution is 0.245. The molecule has 0 fully saturated rings. The normalized spacial score (nSPS) is 12.3. The largest absolute Gasteiger partial charge is 0.485 e. The van der Waals surface area contributed by atoms with Gasteiger partial charge in [-0.25, -0.2) is 0 Å². The van der Waals surface area contributed by atoms with E-state index in [1.165, 1.54) is 5.56 Å². The molecule has 0 saturated carbocycles. The molecule has 0 saturated heterocycles. The Morgan fingerprint density at radius 2 is 2.10 bits per heavy atom. The number of aryl methyl sites for hydroxylation is 1.